The van der Waals surface area contributed by atoms with E-state index in [2.05, 4.69) is 15.6 Å². The molecule has 114 valence electrons. The van der Waals surface area contributed by atoms with Gasteiger partial charge < -0.3 is 15.7 Å². The summed E-state index contributed by atoms with van der Waals surface area (Å²) in [6.45, 7) is 3.94. The van der Waals surface area contributed by atoms with Crippen molar-refractivity contribution in [1.82, 2.24) is 10.3 Å². The average molecular weight is 310 g/mol. The maximum absolute atomic E-state index is 12.0. The van der Waals surface area contributed by atoms with Gasteiger partial charge in [0.2, 0.25) is 5.91 Å². The highest BCUT2D eigenvalue weighted by Gasteiger charge is 2.20. The van der Waals surface area contributed by atoms with Crippen molar-refractivity contribution in [1.29, 1.82) is 5.26 Å². The van der Waals surface area contributed by atoms with Gasteiger partial charge in [0.25, 0.3) is 0 Å². The van der Waals surface area contributed by atoms with Crippen molar-refractivity contribution < 1.29 is 14.7 Å². The second-order valence-corrected chi connectivity index (χ2v) is 5.78. The van der Waals surface area contributed by atoms with Crippen LogP contribution >= 0.6 is 11.3 Å². The summed E-state index contributed by atoms with van der Waals surface area (Å²) in [5.41, 5.74) is 0.454. The van der Waals surface area contributed by atoms with E-state index >= 15 is 0 Å². The van der Waals surface area contributed by atoms with Gasteiger partial charge in [-0.2, -0.15) is 5.26 Å². The maximum Gasteiger partial charge on any atom is 0.309 e. The second kappa shape index (κ2) is 8.21. The fourth-order valence-corrected chi connectivity index (χ4v) is 2.48. The minimum atomic E-state index is -0.947. The summed E-state index contributed by atoms with van der Waals surface area (Å²) in [4.78, 5) is 26.7. The van der Waals surface area contributed by atoms with E-state index in [4.69, 9.17) is 10.4 Å². The van der Waals surface area contributed by atoms with Gasteiger partial charge in [0.1, 0.15) is 12.6 Å². The lowest BCUT2D eigenvalue weighted by Gasteiger charge is -2.18. The maximum atomic E-state index is 12.0. The smallest absolute Gasteiger partial charge is 0.309 e. The second-order valence-electron chi connectivity index (χ2n) is 4.92. The van der Waals surface area contributed by atoms with Crippen molar-refractivity contribution >= 4 is 28.3 Å². The molecule has 1 aromatic rings. The number of carboxylic acid groups (broad SMARTS) is 1. The van der Waals surface area contributed by atoms with E-state index in [0.29, 0.717) is 17.2 Å². The Hall–Kier alpha value is -2.14. The van der Waals surface area contributed by atoms with Crippen molar-refractivity contribution in [2.75, 3.05) is 11.9 Å². The van der Waals surface area contributed by atoms with Crippen LogP contribution in [0.4, 0.5) is 5.13 Å². The SMILES string of the molecule is CC(C)CC(Nc1nc(CC(=O)O)cs1)C(=O)NCC#N. The zero-order valence-corrected chi connectivity index (χ0v) is 12.7. The van der Waals surface area contributed by atoms with Crippen LogP contribution in [0.25, 0.3) is 0 Å². The summed E-state index contributed by atoms with van der Waals surface area (Å²) >= 11 is 1.26. The van der Waals surface area contributed by atoms with Crippen LogP contribution in [0.3, 0.4) is 0 Å². The van der Waals surface area contributed by atoms with Crippen molar-refractivity contribution in [3.63, 3.8) is 0 Å². The van der Waals surface area contributed by atoms with Crippen LogP contribution in [0.2, 0.25) is 0 Å². The third-order valence-electron chi connectivity index (χ3n) is 2.55. The van der Waals surface area contributed by atoms with E-state index < -0.39 is 12.0 Å². The summed E-state index contributed by atoms with van der Waals surface area (Å²) in [5.74, 6) is -0.925. The number of rotatable bonds is 8. The lowest BCUT2D eigenvalue weighted by Crippen LogP contribution is -2.40. The molecule has 1 amide bonds. The number of aliphatic carboxylic acids is 1. The number of carbonyl (C=O) groups is 2. The van der Waals surface area contributed by atoms with Gasteiger partial charge in [0.15, 0.2) is 5.13 Å². The number of carbonyl (C=O) groups excluding carboxylic acids is 1. The first-order chi connectivity index (χ1) is 9.92. The molecule has 0 saturated heterocycles. The molecule has 1 heterocycles. The Morgan fingerprint density at radius 1 is 1.52 bits per heavy atom. The molecule has 3 N–H and O–H groups in total. The van der Waals surface area contributed by atoms with E-state index in [9.17, 15) is 9.59 Å². The third-order valence-corrected chi connectivity index (χ3v) is 3.37. The molecule has 0 aromatic carbocycles. The fourth-order valence-electron chi connectivity index (χ4n) is 1.71. The first-order valence-electron chi connectivity index (χ1n) is 6.49. The van der Waals surface area contributed by atoms with Gasteiger partial charge in [-0.15, -0.1) is 11.3 Å². The first-order valence-corrected chi connectivity index (χ1v) is 7.37. The average Bonchev–Trinajstić information content (AvgIpc) is 2.81. The predicted octanol–water partition coefficient (Wildman–Crippen LogP) is 1.24. The molecule has 1 atom stereocenters. The molecule has 1 aromatic heterocycles. The molecule has 0 spiro atoms. The van der Waals surface area contributed by atoms with E-state index in [-0.39, 0.29) is 24.8 Å². The molecule has 8 heteroatoms. The van der Waals surface area contributed by atoms with Crippen LogP contribution in [0, 0.1) is 17.2 Å². The van der Waals surface area contributed by atoms with Crippen LogP contribution in [-0.2, 0) is 16.0 Å². The summed E-state index contributed by atoms with van der Waals surface area (Å²) in [7, 11) is 0. The molecule has 0 aliphatic heterocycles. The number of anilines is 1. The molecule has 21 heavy (non-hydrogen) atoms. The van der Waals surface area contributed by atoms with Crippen LogP contribution in [0.5, 0.6) is 0 Å². The minimum absolute atomic E-state index is 0.0444. The molecule has 0 saturated carbocycles. The summed E-state index contributed by atoms with van der Waals surface area (Å²) in [6, 6.07) is 1.36. The van der Waals surface area contributed by atoms with Gasteiger partial charge in [-0.3, -0.25) is 9.59 Å². The number of carboxylic acids is 1. The fraction of sp³-hybridized carbons (Fsp3) is 0.538. The number of aromatic nitrogens is 1. The Morgan fingerprint density at radius 2 is 2.24 bits per heavy atom. The molecule has 0 aliphatic carbocycles. The summed E-state index contributed by atoms with van der Waals surface area (Å²) < 4.78 is 0. The van der Waals surface area contributed by atoms with Crippen molar-refractivity contribution in [2.45, 2.75) is 32.7 Å². The zero-order chi connectivity index (χ0) is 15.8. The zero-order valence-electron chi connectivity index (χ0n) is 11.9. The lowest BCUT2D eigenvalue weighted by molar-refractivity contribution is -0.136. The van der Waals surface area contributed by atoms with E-state index in [1.807, 2.05) is 19.9 Å². The Morgan fingerprint density at radius 3 is 2.81 bits per heavy atom. The normalized spacial score (nSPS) is 11.7. The van der Waals surface area contributed by atoms with Crippen molar-refractivity contribution in [2.24, 2.45) is 5.92 Å². The largest absolute Gasteiger partial charge is 0.481 e. The Bertz CT molecular complexity index is 536. The Kier molecular flexibility index (Phi) is 6.62. The highest BCUT2D eigenvalue weighted by Crippen LogP contribution is 2.19. The Balaban J connectivity index is 2.71. The number of nitrogens with one attached hydrogen (secondary N) is 2. The summed E-state index contributed by atoms with van der Waals surface area (Å²) in [6.07, 6.45) is 0.443. The van der Waals surface area contributed by atoms with Crippen LogP contribution in [-0.4, -0.2) is 34.6 Å². The molecular formula is C13H18N4O3S. The van der Waals surface area contributed by atoms with Crippen molar-refractivity contribution in [3.8, 4) is 6.07 Å². The molecule has 1 unspecified atom stereocenters. The van der Waals surface area contributed by atoms with E-state index in [1.54, 1.807) is 5.38 Å². The highest BCUT2D eigenvalue weighted by molar-refractivity contribution is 7.13. The standard InChI is InChI=1S/C13H18N4O3S/c1-8(2)5-10(12(20)15-4-3-14)17-13-16-9(7-21-13)6-11(18)19/h7-8,10H,4-6H2,1-2H3,(H,15,20)(H,16,17)(H,18,19). The van der Waals surface area contributed by atoms with Gasteiger partial charge in [-0.05, 0) is 12.3 Å². The van der Waals surface area contributed by atoms with E-state index in [1.165, 1.54) is 11.3 Å². The molecule has 7 nitrogen and oxygen atoms in total. The molecule has 0 bridgehead atoms. The lowest BCUT2D eigenvalue weighted by atomic mass is 10.0. The quantitative estimate of drug-likeness (QED) is 0.622. The van der Waals surface area contributed by atoms with Crippen LogP contribution < -0.4 is 10.6 Å². The Labute approximate surface area is 127 Å². The van der Waals surface area contributed by atoms with Gasteiger partial charge in [-0.25, -0.2) is 4.98 Å². The number of thiazole rings is 1. The molecule has 0 radical (unpaired) electrons. The molecular weight excluding hydrogens is 292 g/mol. The number of nitrogens with zero attached hydrogens (tertiary/aromatic N) is 2. The van der Waals surface area contributed by atoms with Crippen LogP contribution in [0.15, 0.2) is 5.38 Å². The van der Waals surface area contributed by atoms with E-state index in [0.717, 1.165) is 0 Å². The number of hydrogen-bond donors (Lipinski definition) is 3. The van der Waals surface area contributed by atoms with Crippen LogP contribution in [0.1, 0.15) is 26.0 Å². The monoisotopic (exact) mass is 310 g/mol. The van der Waals surface area contributed by atoms with Gasteiger partial charge in [0.05, 0.1) is 18.2 Å². The summed E-state index contributed by atoms with van der Waals surface area (Å²) in [5, 5.41) is 24.9. The number of hydrogen-bond acceptors (Lipinski definition) is 6. The number of amides is 1. The molecule has 0 fully saturated rings. The van der Waals surface area contributed by atoms with Gasteiger partial charge >= 0.3 is 5.97 Å². The number of nitriles is 1. The third kappa shape index (κ3) is 6.23. The first kappa shape index (κ1) is 16.9. The van der Waals surface area contributed by atoms with Crippen molar-refractivity contribution in [3.05, 3.63) is 11.1 Å². The molecule has 0 aliphatic rings. The molecule has 1 rings (SSSR count). The predicted molar refractivity (Wildman–Crippen MR) is 78.9 cm³/mol. The minimum Gasteiger partial charge on any atom is -0.481 e. The topological polar surface area (TPSA) is 115 Å². The van der Waals surface area contributed by atoms with Gasteiger partial charge in [-0.1, -0.05) is 13.8 Å². The highest BCUT2D eigenvalue weighted by atomic mass is 32.1. The van der Waals surface area contributed by atoms with Gasteiger partial charge in [0, 0.05) is 5.38 Å².